The number of aryl methyl sites for hydroxylation is 1. The molecule has 0 aliphatic rings. The summed E-state index contributed by atoms with van der Waals surface area (Å²) in [7, 11) is 0. The van der Waals surface area contributed by atoms with Gasteiger partial charge in [0.1, 0.15) is 0 Å². The molecule has 2 aromatic carbocycles. The average Bonchev–Trinajstić information content (AvgIpc) is 3.04. The molecule has 1 aromatic heterocycles. The Bertz CT molecular complexity index is 862. The van der Waals surface area contributed by atoms with Gasteiger partial charge >= 0.3 is 0 Å². The first-order valence-corrected chi connectivity index (χ1v) is 8.22. The lowest BCUT2D eigenvalue weighted by atomic mass is 10.1. The maximum Gasteiger partial charge on any atom is 0.277 e. The van der Waals surface area contributed by atoms with Crippen LogP contribution < -0.4 is 0 Å². The number of nitrogens with zero attached hydrogens (tertiary/aromatic N) is 3. The first-order valence-electron chi connectivity index (χ1n) is 7.34. The van der Waals surface area contributed by atoms with Crippen molar-refractivity contribution in [2.24, 2.45) is 0 Å². The molecule has 0 saturated heterocycles. The molecule has 0 fully saturated rings. The predicted molar refractivity (Wildman–Crippen MR) is 91.8 cm³/mol. The van der Waals surface area contributed by atoms with Crippen molar-refractivity contribution in [3.8, 4) is 11.5 Å². The van der Waals surface area contributed by atoms with E-state index in [0.29, 0.717) is 11.1 Å². The molecule has 0 amide bonds. The minimum absolute atomic E-state index is 0.0452. The molecule has 122 valence electrons. The molecule has 0 saturated carbocycles. The molecule has 0 unspecified atom stereocenters. The number of hydrogen-bond acceptors (Lipinski definition) is 6. The van der Waals surface area contributed by atoms with Gasteiger partial charge in [0.25, 0.3) is 10.9 Å². The maximum atomic E-state index is 10.9. The molecule has 6 nitrogen and oxygen atoms in total. The molecule has 1 heterocycles. The van der Waals surface area contributed by atoms with Crippen LogP contribution >= 0.6 is 11.8 Å². The van der Waals surface area contributed by atoms with Crippen molar-refractivity contribution in [3.63, 3.8) is 0 Å². The van der Waals surface area contributed by atoms with Crippen LogP contribution in [-0.4, -0.2) is 15.1 Å². The van der Waals surface area contributed by atoms with Gasteiger partial charge in [0.05, 0.1) is 4.92 Å². The second-order valence-electron chi connectivity index (χ2n) is 5.35. The van der Waals surface area contributed by atoms with E-state index in [4.69, 9.17) is 4.42 Å². The van der Waals surface area contributed by atoms with Crippen molar-refractivity contribution in [3.05, 3.63) is 69.8 Å². The molecule has 7 heteroatoms. The fourth-order valence-corrected chi connectivity index (χ4v) is 2.98. The van der Waals surface area contributed by atoms with Gasteiger partial charge in [-0.15, -0.1) is 10.2 Å². The standard InChI is InChI=1S/C17H15N3O3S/c1-11-6-8-13(9-7-11)16-18-19-17(23-16)24-12(2)14-4-3-5-15(10-14)20(21)22/h3-10,12H,1-2H3/t12-/m0/s1. The number of benzene rings is 2. The van der Waals surface area contributed by atoms with Gasteiger partial charge in [-0.3, -0.25) is 10.1 Å². The van der Waals surface area contributed by atoms with E-state index in [9.17, 15) is 10.1 Å². The van der Waals surface area contributed by atoms with Crippen LogP contribution in [0.5, 0.6) is 0 Å². The largest absolute Gasteiger partial charge is 0.411 e. The Morgan fingerprint density at radius 3 is 2.62 bits per heavy atom. The van der Waals surface area contributed by atoms with E-state index in [-0.39, 0.29) is 10.9 Å². The van der Waals surface area contributed by atoms with Crippen molar-refractivity contribution in [1.82, 2.24) is 10.2 Å². The number of hydrogen-bond donors (Lipinski definition) is 0. The highest BCUT2D eigenvalue weighted by atomic mass is 32.2. The van der Waals surface area contributed by atoms with Gasteiger partial charge in [-0.1, -0.05) is 41.6 Å². The summed E-state index contributed by atoms with van der Waals surface area (Å²) in [5.41, 5.74) is 2.94. The van der Waals surface area contributed by atoms with Crippen LogP contribution in [0.25, 0.3) is 11.5 Å². The topological polar surface area (TPSA) is 82.1 Å². The van der Waals surface area contributed by atoms with Crippen molar-refractivity contribution < 1.29 is 9.34 Å². The van der Waals surface area contributed by atoms with Gasteiger partial charge in [0.15, 0.2) is 0 Å². The van der Waals surface area contributed by atoms with Gasteiger partial charge in [0.2, 0.25) is 5.89 Å². The van der Waals surface area contributed by atoms with Gasteiger partial charge < -0.3 is 4.42 Å². The normalized spacial score (nSPS) is 12.1. The Kier molecular flexibility index (Phi) is 4.61. The lowest BCUT2D eigenvalue weighted by molar-refractivity contribution is -0.384. The number of nitro groups is 1. The summed E-state index contributed by atoms with van der Waals surface area (Å²) in [6, 6.07) is 14.4. The maximum absolute atomic E-state index is 10.9. The van der Waals surface area contributed by atoms with Crippen molar-refractivity contribution in [1.29, 1.82) is 0 Å². The van der Waals surface area contributed by atoms with Gasteiger partial charge in [-0.25, -0.2) is 0 Å². The van der Waals surface area contributed by atoms with E-state index >= 15 is 0 Å². The molecular formula is C17H15N3O3S. The van der Waals surface area contributed by atoms with Crippen molar-refractivity contribution in [2.45, 2.75) is 24.3 Å². The predicted octanol–water partition coefficient (Wildman–Crippen LogP) is 4.81. The highest BCUT2D eigenvalue weighted by molar-refractivity contribution is 7.99. The zero-order chi connectivity index (χ0) is 17.1. The molecule has 3 aromatic rings. The van der Waals surface area contributed by atoms with E-state index in [1.165, 1.54) is 17.8 Å². The number of aromatic nitrogens is 2. The van der Waals surface area contributed by atoms with Gasteiger partial charge in [-0.2, -0.15) is 0 Å². The lowest BCUT2D eigenvalue weighted by Gasteiger charge is -2.08. The molecule has 0 radical (unpaired) electrons. The number of rotatable bonds is 5. The van der Waals surface area contributed by atoms with E-state index < -0.39 is 4.92 Å². The first-order chi connectivity index (χ1) is 11.5. The van der Waals surface area contributed by atoms with Crippen molar-refractivity contribution >= 4 is 17.4 Å². The summed E-state index contributed by atoms with van der Waals surface area (Å²) in [6.45, 7) is 3.96. The fraction of sp³-hybridized carbons (Fsp3) is 0.176. The van der Waals surface area contributed by atoms with Crippen LogP contribution in [0.1, 0.15) is 23.3 Å². The van der Waals surface area contributed by atoms with Crippen molar-refractivity contribution in [2.75, 3.05) is 0 Å². The lowest BCUT2D eigenvalue weighted by Crippen LogP contribution is -1.92. The number of nitro benzene ring substituents is 1. The smallest absolute Gasteiger partial charge is 0.277 e. The molecule has 0 aliphatic carbocycles. The molecule has 0 bridgehead atoms. The Morgan fingerprint density at radius 2 is 1.92 bits per heavy atom. The zero-order valence-electron chi connectivity index (χ0n) is 13.2. The second-order valence-corrected chi connectivity index (χ2v) is 6.64. The minimum Gasteiger partial charge on any atom is -0.411 e. The SMILES string of the molecule is Cc1ccc(-c2nnc(S[C@@H](C)c3cccc([N+](=O)[O-])c3)o2)cc1. The third-order valence-corrected chi connectivity index (χ3v) is 4.53. The van der Waals surface area contributed by atoms with Crippen LogP contribution in [-0.2, 0) is 0 Å². The molecule has 1 atom stereocenters. The second kappa shape index (κ2) is 6.84. The summed E-state index contributed by atoms with van der Waals surface area (Å²) in [5, 5.41) is 19.4. The van der Waals surface area contributed by atoms with Crippen LogP contribution in [0.15, 0.2) is 58.2 Å². The van der Waals surface area contributed by atoms with E-state index in [1.807, 2.05) is 44.2 Å². The Labute approximate surface area is 143 Å². The molecule has 24 heavy (non-hydrogen) atoms. The Morgan fingerprint density at radius 1 is 1.17 bits per heavy atom. The van der Waals surface area contributed by atoms with Crippen LogP contribution in [0.4, 0.5) is 5.69 Å². The summed E-state index contributed by atoms with van der Waals surface area (Å²) in [4.78, 5) is 10.5. The highest BCUT2D eigenvalue weighted by Crippen LogP contribution is 2.36. The summed E-state index contributed by atoms with van der Waals surface area (Å²) in [5.74, 6) is 0.462. The van der Waals surface area contributed by atoms with Gasteiger partial charge in [-0.05, 0) is 31.5 Å². The molecule has 0 N–H and O–H groups in total. The molecule has 0 aliphatic heterocycles. The zero-order valence-corrected chi connectivity index (χ0v) is 14.0. The fourth-order valence-electron chi connectivity index (χ4n) is 2.18. The van der Waals surface area contributed by atoms with Crippen LogP contribution in [0.2, 0.25) is 0 Å². The minimum atomic E-state index is -0.400. The Balaban J connectivity index is 1.75. The first kappa shape index (κ1) is 16.2. The highest BCUT2D eigenvalue weighted by Gasteiger charge is 2.16. The van der Waals surface area contributed by atoms with E-state index in [0.717, 1.165) is 16.7 Å². The number of thioether (sulfide) groups is 1. The van der Waals surface area contributed by atoms with Crippen LogP contribution in [0.3, 0.4) is 0 Å². The van der Waals surface area contributed by atoms with Crippen LogP contribution in [0, 0.1) is 17.0 Å². The molecular weight excluding hydrogens is 326 g/mol. The van der Waals surface area contributed by atoms with E-state index in [1.54, 1.807) is 12.1 Å². The third kappa shape index (κ3) is 3.62. The number of non-ortho nitro benzene ring substituents is 1. The molecule has 3 rings (SSSR count). The quantitative estimate of drug-likeness (QED) is 0.376. The summed E-state index contributed by atoms with van der Waals surface area (Å²) >= 11 is 1.37. The molecule has 0 spiro atoms. The summed E-state index contributed by atoms with van der Waals surface area (Å²) < 4.78 is 5.69. The Hall–Kier alpha value is -2.67. The third-order valence-electron chi connectivity index (χ3n) is 3.53. The average molecular weight is 341 g/mol. The van der Waals surface area contributed by atoms with Gasteiger partial charge in [0, 0.05) is 22.9 Å². The van der Waals surface area contributed by atoms with E-state index in [2.05, 4.69) is 10.2 Å². The summed E-state index contributed by atoms with van der Waals surface area (Å²) in [6.07, 6.45) is 0. The monoisotopic (exact) mass is 341 g/mol.